The van der Waals surface area contributed by atoms with Gasteiger partial charge in [0, 0.05) is 18.4 Å². The Kier molecular flexibility index (Phi) is 6.96. The van der Waals surface area contributed by atoms with Crippen LogP contribution < -0.4 is 5.32 Å². The van der Waals surface area contributed by atoms with Gasteiger partial charge < -0.3 is 5.32 Å². The SMILES string of the molecule is CCCC(CCC)C(NCC)c1cnccc1C. The highest BCUT2D eigenvalue weighted by molar-refractivity contribution is 5.25. The van der Waals surface area contributed by atoms with Crippen molar-refractivity contribution in [1.82, 2.24) is 10.3 Å². The van der Waals surface area contributed by atoms with Crippen molar-refractivity contribution in [1.29, 1.82) is 0 Å². The fraction of sp³-hybridized carbons (Fsp3) is 0.688. The van der Waals surface area contributed by atoms with E-state index >= 15 is 0 Å². The van der Waals surface area contributed by atoms with Crippen LogP contribution in [-0.4, -0.2) is 11.5 Å². The summed E-state index contributed by atoms with van der Waals surface area (Å²) in [5.41, 5.74) is 2.74. The lowest BCUT2D eigenvalue weighted by atomic mass is 9.85. The predicted octanol–water partition coefficient (Wildman–Crippen LogP) is 4.26. The van der Waals surface area contributed by atoms with Gasteiger partial charge in [-0.2, -0.15) is 0 Å². The standard InChI is InChI=1S/C16H28N2/c1-5-8-14(9-6-2)16(18-7-3)15-12-17-11-10-13(15)4/h10-12,14,16,18H,5-9H2,1-4H3. The third-order valence-corrected chi connectivity index (χ3v) is 3.63. The maximum atomic E-state index is 4.31. The van der Waals surface area contributed by atoms with Gasteiger partial charge in [-0.15, -0.1) is 0 Å². The van der Waals surface area contributed by atoms with Crippen LogP contribution in [0.25, 0.3) is 0 Å². The summed E-state index contributed by atoms with van der Waals surface area (Å²) in [6, 6.07) is 2.58. The van der Waals surface area contributed by atoms with Crippen molar-refractivity contribution in [2.75, 3.05) is 6.54 Å². The van der Waals surface area contributed by atoms with Gasteiger partial charge in [0.15, 0.2) is 0 Å². The molecule has 1 aromatic rings. The first-order chi connectivity index (χ1) is 8.74. The van der Waals surface area contributed by atoms with Crippen LogP contribution in [0.5, 0.6) is 0 Å². The Morgan fingerprint density at radius 1 is 1.17 bits per heavy atom. The largest absolute Gasteiger partial charge is 0.310 e. The van der Waals surface area contributed by atoms with E-state index in [9.17, 15) is 0 Å². The second-order valence-electron chi connectivity index (χ2n) is 5.11. The zero-order chi connectivity index (χ0) is 13.4. The Balaban J connectivity index is 2.95. The monoisotopic (exact) mass is 248 g/mol. The first kappa shape index (κ1) is 15.2. The predicted molar refractivity (Wildman–Crippen MR) is 78.7 cm³/mol. The molecule has 0 saturated carbocycles. The second-order valence-corrected chi connectivity index (χ2v) is 5.11. The molecule has 1 aromatic heterocycles. The third-order valence-electron chi connectivity index (χ3n) is 3.63. The number of pyridine rings is 1. The average Bonchev–Trinajstić information content (AvgIpc) is 2.37. The van der Waals surface area contributed by atoms with Crippen molar-refractivity contribution in [2.45, 2.75) is 59.4 Å². The number of hydrogen-bond acceptors (Lipinski definition) is 2. The Morgan fingerprint density at radius 2 is 1.83 bits per heavy atom. The van der Waals surface area contributed by atoms with E-state index in [1.54, 1.807) is 0 Å². The van der Waals surface area contributed by atoms with Crippen molar-refractivity contribution in [2.24, 2.45) is 5.92 Å². The van der Waals surface area contributed by atoms with Crippen LogP contribution in [0.4, 0.5) is 0 Å². The lowest BCUT2D eigenvalue weighted by Crippen LogP contribution is -2.29. The smallest absolute Gasteiger partial charge is 0.0366 e. The Hall–Kier alpha value is -0.890. The summed E-state index contributed by atoms with van der Waals surface area (Å²) in [6.45, 7) is 9.95. The summed E-state index contributed by atoms with van der Waals surface area (Å²) in [6.07, 6.45) is 9.02. The molecule has 0 aliphatic carbocycles. The molecule has 0 aromatic carbocycles. The van der Waals surface area contributed by atoms with Crippen LogP contribution in [-0.2, 0) is 0 Å². The van der Waals surface area contributed by atoms with Crippen molar-refractivity contribution in [3.63, 3.8) is 0 Å². The lowest BCUT2D eigenvalue weighted by Gasteiger charge is -2.29. The highest BCUT2D eigenvalue weighted by Crippen LogP contribution is 2.30. The van der Waals surface area contributed by atoms with E-state index in [1.165, 1.54) is 36.8 Å². The van der Waals surface area contributed by atoms with E-state index in [-0.39, 0.29) is 0 Å². The van der Waals surface area contributed by atoms with Gasteiger partial charge in [0.2, 0.25) is 0 Å². The molecule has 0 aliphatic heterocycles. The van der Waals surface area contributed by atoms with Crippen molar-refractivity contribution >= 4 is 0 Å². The molecule has 0 fully saturated rings. The molecule has 0 aliphatic rings. The molecule has 1 heterocycles. The first-order valence-electron chi connectivity index (χ1n) is 7.38. The molecule has 0 spiro atoms. The fourth-order valence-corrected chi connectivity index (χ4v) is 2.77. The number of hydrogen-bond donors (Lipinski definition) is 1. The maximum Gasteiger partial charge on any atom is 0.0366 e. The van der Waals surface area contributed by atoms with Gasteiger partial charge in [-0.1, -0.05) is 33.6 Å². The normalized spacial score (nSPS) is 12.9. The van der Waals surface area contributed by atoms with E-state index in [1.807, 2.05) is 12.4 Å². The first-order valence-corrected chi connectivity index (χ1v) is 7.38. The molecule has 102 valence electrons. The van der Waals surface area contributed by atoms with Crippen LogP contribution in [0, 0.1) is 12.8 Å². The van der Waals surface area contributed by atoms with Gasteiger partial charge in [-0.05, 0) is 49.4 Å². The Labute approximate surface area is 112 Å². The molecule has 0 amide bonds. The molecule has 0 saturated heterocycles. The molecule has 1 N–H and O–H groups in total. The van der Waals surface area contributed by atoms with E-state index in [0.717, 1.165) is 12.5 Å². The number of rotatable bonds is 8. The van der Waals surface area contributed by atoms with Gasteiger partial charge >= 0.3 is 0 Å². The zero-order valence-corrected chi connectivity index (χ0v) is 12.4. The molecule has 1 atom stereocenters. The fourth-order valence-electron chi connectivity index (χ4n) is 2.77. The third kappa shape index (κ3) is 4.09. The van der Waals surface area contributed by atoms with Gasteiger partial charge in [0.1, 0.15) is 0 Å². The summed E-state index contributed by atoms with van der Waals surface area (Å²) >= 11 is 0. The molecular formula is C16H28N2. The summed E-state index contributed by atoms with van der Waals surface area (Å²) in [5.74, 6) is 0.725. The maximum absolute atomic E-state index is 4.31. The molecule has 0 radical (unpaired) electrons. The van der Waals surface area contributed by atoms with E-state index in [0.29, 0.717) is 6.04 Å². The Bertz CT molecular complexity index is 330. The molecular weight excluding hydrogens is 220 g/mol. The van der Waals surface area contributed by atoms with Crippen molar-refractivity contribution < 1.29 is 0 Å². The molecule has 2 heteroatoms. The van der Waals surface area contributed by atoms with Crippen LogP contribution in [0.2, 0.25) is 0 Å². The molecule has 1 rings (SSSR count). The summed E-state index contributed by atoms with van der Waals surface area (Å²) in [5, 5.41) is 3.67. The molecule has 18 heavy (non-hydrogen) atoms. The van der Waals surface area contributed by atoms with Crippen LogP contribution in [0.15, 0.2) is 18.5 Å². The van der Waals surface area contributed by atoms with Crippen molar-refractivity contribution in [3.8, 4) is 0 Å². The Morgan fingerprint density at radius 3 is 2.33 bits per heavy atom. The number of aromatic nitrogens is 1. The van der Waals surface area contributed by atoms with E-state index in [4.69, 9.17) is 0 Å². The van der Waals surface area contributed by atoms with Crippen LogP contribution in [0.1, 0.15) is 63.6 Å². The van der Waals surface area contributed by atoms with Gasteiger partial charge in [0.05, 0.1) is 0 Å². The van der Waals surface area contributed by atoms with E-state index < -0.39 is 0 Å². The highest BCUT2D eigenvalue weighted by atomic mass is 14.9. The molecule has 2 nitrogen and oxygen atoms in total. The van der Waals surface area contributed by atoms with Gasteiger partial charge in [-0.3, -0.25) is 4.98 Å². The summed E-state index contributed by atoms with van der Waals surface area (Å²) in [7, 11) is 0. The molecule has 0 bridgehead atoms. The van der Waals surface area contributed by atoms with Crippen LogP contribution >= 0.6 is 0 Å². The zero-order valence-electron chi connectivity index (χ0n) is 12.4. The topological polar surface area (TPSA) is 24.9 Å². The minimum atomic E-state index is 0.462. The minimum Gasteiger partial charge on any atom is -0.310 e. The van der Waals surface area contributed by atoms with Gasteiger partial charge in [-0.25, -0.2) is 0 Å². The average molecular weight is 248 g/mol. The minimum absolute atomic E-state index is 0.462. The summed E-state index contributed by atoms with van der Waals surface area (Å²) in [4.78, 5) is 4.31. The number of nitrogens with one attached hydrogen (secondary N) is 1. The van der Waals surface area contributed by atoms with Crippen LogP contribution in [0.3, 0.4) is 0 Å². The number of nitrogens with zero attached hydrogens (tertiary/aromatic N) is 1. The highest BCUT2D eigenvalue weighted by Gasteiger charge is 2.22. The lowest BCUT2D eigenvalue weighted by molar-refractivity contribution is 0.319. The van der Waals surface area contributed by atoms with Gasteiger partial charge in [0.25, 0.3) is 0 Å². The quantitative estimate of drug-likeness (QED) is 0.743. The molecule has 1 unspecified atom stereocenters. The van der Waals surface area contributed by atoms with Crippen molar-refractivity contribution in [3.05, 3.63) is 29.6 Å². The number of aryl methyl sites for hydroxylation is 1. The summed E-state index contributed by atoms with van der Waals surface area (Å²) < 4.78 is 0. The van der Waals surface area contributed by atoms with E-state index in [2.05, 4.69) is 44.1 Å². The second kappa shape index (κ2) is 8.25.